The average Bonchev–Trinajstić information content (AvgIpc) is 2.67. The molecule has 0 spiro atoms. The highest BCUT2D eigenvalue weighted by Gasteiger charge is 2.22. The van der Waals surface area contributed by atoms with E-state index in [1.807, 2.05) is 18.7 Å². The first-order valence-corrected chi connectivity index (χ1v) is 10.5. The molecule has 2 aromatic carbocycles. The van der Waals surface area contributed by atoms with E-state index in [-0.39, 0.29) is 22.1 Å². The van der Waals surface area contributed by atoms with Gasteiger partial charge in [-0.2, -0.15) is 0 Å². The molecule has 0 saturated carbocycles. The van der Waals surface area contributed by atoms with Crippen molar-refractivity contribution in [3.05, 3.63) is 52.6 Å². The monoisotopic (exact) mass is 436 g/mol. The van der Waals surface area contributed by atoms with Gasteiger partial charge in [0, 0.05) is 5.56 Å². The molecule has 2 aromatic rings. The zero-order valence-corrected chi connectivity index (χ0v) is 18.1. The molecule has 0 atom stereocenters. The minimum Gasteiger partial charge on any atom is -0.493 e. The van der Waals surface area contributed by atoms with Gasteiger partial charge >= 0.3 is 5.97 Å². The summed E-state index contributed by atoms with van der Waals surface area (Å²) in [6.07, 6.45) is -0.0985. The van der Waals surface area contributed by atoms with Crippen LogP contribution >= 0.6 is 0 Å². The predicted molar refractivity (Wildman–Crippen MR) is 109 cm³/mol. The molecule has 0 aliphatic carbocycles. The normalized spacial score (nSPS) is 11.3. The largest absolute Gasteiger partial charge is 0.493 e. The number of hydrogen-bond donors (Lipinski definition) is 3. The topological polar surface area (TPSA) is 131 Å². The van der Waals surface area contributed by atoms with E-state index in [0.29, 0.717) is 22.6 Å². The second kappa shape index (κ2) is 9.14. The Bertz CT molecular complexity index is 1080. The fourth-order valence-corrected chi connectivity index (χ4v) is 3.81. The number of carbonyl (C=O) groups excluding carboxylic acids is 1. The lowest BCUT2D eigenvalue weighted by molar-refractivity contribution is 0.0696. The molecule has 10 heteroatoms. The number of carboxylic acids is 1. The average molecular weight is 436 g/mol. The van der Waals surface area contributed by atoms with Gasteiger partial charge in [0.2, 0.25) is 0 Å². The molecule has 30 heavy (non-hydrogen) atoms. The van der Waals surface area contributed by atoms with Crippen molar-refractivity contribution in [3.63, 3.8) is 0 Å². The summed E-state index contributed by atoms with van der Waals surface area (Å²) in [4.78, 5) is 25.4. The summed E-state index contributed by atoms with van der Waals surface area (Å²) in [6.45, 7) is 6.85. The minimum atomic E-state index is -4.21. The Kier molecular flexibility index (Phi) is 7.06. The van der Waals surface area contributed by atoms with Gasteiger partial charge in [0.15, 0.2) is 11.5 Å². The van der Waals surface area contributed by atoms with Gasteiger partial charge in [-0.05, 0) is 69.2 Å². The number of hydrogen-bond acceptors (Lipinski definition) is 6. The number of aromatic carboxylic acids is 1. The standard InChI is InChI=1S/C20H24N2O7S/c1-11(2)29-16-7-6-14(9-17(16)28-5)19(23)21-22-30(26,27)18-10-15(20(24)25)8-12(3)13(18)4/h6-11,22H,1-5H3,(H,21,23)(H,24,25). The van der Waals surface area contributed by atoms with Crippen molar-refractivity contribution < 1.29 is 32.6 Å². The fourth-order valence-electron chi connectivity index (χ4n) is 2.63. The molecule has 162 valence electrons. The van der Waals surface area contributed by atoms with Crippen molar-refractivity contribution in [2.75, 3.05) is 7.11 Å². The van der Waals surface area contributed by atoms with Gasteiger partial charge in [0.1, 0.15) is 0 Å². The van der Waals surface area contributed by atoms with Gasteiger partial charge in [0.05, 0.1) is 23.7 Å². The maximum atomic E-state index is 12.7. The van der Waals surface area contributed by atoms with E-state index in [1.54, 1.807) is 19.9 Å². The molecule has 0 unspecified atom stereocenters. The van der Waals surface area contributed by atoms with Gasteiger partial charge in [0.25, 0.3) is 15.9 Å². The summed E-state index contributed by atoms with van der Waals surface area (Å²) in [6, 6.07) is 6.85. The number of carbonyl (C=O) groups is 2. The van der Waals surface area contributed by atoms with Crippen LogP contribution in [0.1, 0.15) is 45.7 Å². The highest BCUT2D eigenvalue weighted by atomic mass is 32.2. The summed E-state index contributed by atoms with van der Waals surface area (Å²) in [5.74, 6) is -1.22. The number of ether oxygens (including phenoxy) is 2. The highest BCUT2D eigenvalue weighted by Crippen LogP contribution is 2.29. The molecular weight excluding hydrogens is 412 g/mol. The zero-order valence-electron chi connectivity index (χ0n) is 17.3. The SMILES string of the molecule is COc1cc(C(=O)NNS(=O)(=O)c2cc(C(=O)O)cc(C)c2C)ccc1OC(C)C. The van der Waals surface area contributed by atoms with Crippen LogP contribution < -0.4 is 19.7 Å². The van der Waals surface area contributed by atoms with Crippen LogP contribution in [0.3, 0.4) is 0 Å². The lowest BCUT2D eigenvalue weighted by Crippen LogP contribution is -2.41. The van der Waals surface area contributed by atoms with E-state index in [2.05, 4.69) is 5.43 Å². The van der Waals surface area contributed by atoms with Gasteiger partial charge in [-0.3, -0.25) is 10.2 Å². The summed E-state index contributed by atoms with van der Waals surface area (Å²) >= 11 is 0. The molecule has 0 radical (unpaired) electrons. The number of amides is 1. The predicted octanol–water partition coefficient (Wildman–Crippen LogP) is 2.42. The Morgan fingerprint density at radius 2 is 1.70 bits per heavy atom. The highest BCUT2D eigenvalue weighted by molar-refractivity contribution is 7.89. The van der Waals surface area contributed by atoms with Crippen LogP contribution in [0.2, 0.25) is 0 Å². The smallest absolute Gasteiger partial charge is 0.335 e. The Labute approximate surface area is 175 Å². The molecule has 0 heterocycles. The van der Waals surface area contributed by atoms with Crippen LogP contribution in [0.25, 0.3) is 0 Å². The summed E-state index contributed by atoms with van der Waals surface area (Å²) < 4.78 is 36.1. The second-order valence-electron chi connectivity index (χ2n) is 6.81. The molecule has 1 amide bonds. The first kappa shape index (κ1) is 23.2. The summed E-state index contributed by atoms with van der Waals surface area (Å²) in [5, 5.41) is 9.18. The van der Waals surface area contributed by atoms with E-state index >= 15 is 0 Å². The summed E-state index contributed by atoms with van der Waals surface area (Å²) in [7, 11) is -2.79. The van der Waals surface area contributed by atoms with Crippen LogP contribution in [-0.2, 0) is 10.0 Å². The second-order valence-corrected chi connectivity index (χ2v) is 8.46. The minimum absolute atomic E-state index is 0.0985. The molecule has 3 N–H and O–H groups in total. The molecule has 2 rings (SSSR count). The van der Waals surface area contributed by atoms with Crippen LogP contribution in [0.15, 0.2) is 35.2 Å². The van der Waals surface area contributed by atoms with Crippen molar-refractivity contribution in [3.8, 4) is 11.5 Å². The number of benzene rings is 2. The lowest BCUT2D eigenvalue weighted by Gasteiger charge is -2.15. The van der Waals surface area contributed by atoms with E-state index in [0.717, 1.165) is 6.07 Å². The molecular formula is C20H24N2O7S. The molecule has 0 fully saturated rings. The quantitative estimate of drug-likeness (QED) is 0.542. The number of methoxy groups -OCH3 is 1. The van der Waals surface area contributed by atoms with Crippen molar-refractivity contribution in [2.24, 2.45) is 0 Å². The zero-order chi connectivity index (χ0) is 22.6. The fraction of sp³-hybridized carbons (Fsp3) is 0.300. The number of carboxylic acid groups (broad SMARTS) is 1. The number of nitrogens with one attached hydrogen (secondary N) is 2. The van der Waals surface area contributed by atoms with Crippen LogP contribution in [0.5, 0.6) is 11.5 Å². The molecule has 0 saturated heterocycles. The van der Waals surface area contributed by atoms with Gasteiger partial charge in [-0.1, -0.05) is 0 Å². The van der Waals surface area contributed by atoms with Crippen LogP contribution in [0.4, 0.5) is 0 Å². The third kappa shape index (κ3) is 5.28. The first-order chi connectivity index (χ1) is 14.0. The van der Waals surface area contributed by atoms with E-state index < -0.39 is 21.9 Å². The summed E-state index contributed by atoms with van der Waals surface area (Å²) in [5.41, 5.74) is 2.96. The maximum Gasteiger partial charge on any atom is 0.335 e. The maximum absolute atomic E-state index is 12.7. The first-order valence-electron chi connectivity index (χ1n) is 8.97. The number of rotatable bonds is 8. The van der Waals surface area contributed by atoms with E-state index in [4.69, 9.17) is 9.47 Å². The Hall–Kier alpha value is -3.11. The van der Waals surface area contributed by atoms with Gasteiger partial charge < -0.3 is 14.6 Å². The third-order valence-corrected chi connectivity index (χ3v) is 5.62. The third-order valence-electron chi connectivity index (χ3n) is 4.24. The van der Waals surface area contributed by atoms with Crippen molar-refractivity contribution in [1.82, 2.24) is 10.3 Å². The number of hydrazine groups is 1. The van der Waals surface area contributed by atoms with E-state index in [9.17, 15) is 23.1 Å². The molecule has 9 nitrogen and oxygen atoms in total. The molecule has 0 aliphatic rings. The van der Waals surface area contributed by atoms with Gasteiger partial charge in [-0.25, -0.2) is 13.2 Å². The van der Waals surface area contributed by atoms with E-state index in [1.165, 1.54) is 25.3 Å². The van der Waals surface area contributed by atoms with Crippen molar-refractivity contribution in [1.29, 1.82) is 0 Å². The Morgan fingerprint density at radius 3 is 2.27 bits per heavy atom. The molecule has 0 aliphatic heterocycles. The Morgan fingerprint density at radius 1 is 1.03 bits per heavy atom. The molecule has 0 aromatic heterocycles. The number of sulfonamides is 1. The van der Waals surface area contributed by atoms with Crippen LogP contribution in [-0.4, -0.2) is 38.6 Å². The van der Waals surface area contributed by atoms with Crippen molar-refractivity contribution in [2.45, 2.75) is 38.7 Å². The van der Waals surface area contributed by atoms with Gasteiger partial charge in [-0.15, -0.1) is 4.83 Å². The Balaban J connectivity index is 2.24. The number of aryl methyl sites for hydroxylation is 1. The molecule has 0 bridgehead atoms. The van der Waals surface area contributed by atoms with Crippen LogP contribution in [0, 0.1) is 13.8 Å². The van der Waals surface area contributed by atoms with Crippen molar-refractivity contribution >= 4 is 21.9 Å². The lowest BCUT2D eigenvalue weighted by atomic mass is 10.1.